The smallest absolute Gasteiger partial charge is 0.227 e. The Hall–Kier alpha value is -1.33. The largest absolute Gasteiger partial charge is 0.399 e. The van der Waals surface area contributed by atoms with E-state index in [0.717, 1.165) is 33.2 Å². The fourth-order valence-corrected chi connectivity index (χ4v) is 3.50. The van der Waals surface area contributed by atoms with Crippen LogP contribution in [0, 0.1) is 5.92 Å². The maximum absolute atomic E-state index is 12.0. The molecule has 1 saturated carbocycles. The third kappa shape index (κ3) is 6.65. The molecule has 0 bridgehead atoms. The summed E-state index contributed by atoms with van der Waals surface area (Å²) < 4.78 is 2.02. The van der Waals surface area contributed by atoms with Gasteiger partial charge < -0.3 is 11.1 Å². The second-order valence-electron chi connectivity index (χ2n) is 5.89. The number of carbonyl (C=O) groups is 1. The van der Waals surface area contributed by atoms with Crippen LogP contribution in [0.3, 0.4) is 0 Å². The number of hydrogen-bond acceptors (Lipinski definition) is 2. The Balaban J connectivity index is 0.000000219. The van der Waals surface area contributed by atoms with Crippen LogP contribution in [0.5, 0.6) is 0 Å². The van der Waals surface area contributed by atoms with Gasteiger partial charge in [-0.05, 0) is 49.2 Å². The molecule has 2 aromatic rings. The van der Waals surface area contributed by atoms with Crippen LogP contribution in [0.2, 0.25) is 0 Å². The lowest BCUT2D eigenvalue weighted by Crippen LogP contribution is -2.24. The molecule has 128 valence electrons. The molecule has 0 spiro atoms. The predicted octanol–water partition coefficient (Wildman–Crippen LogP) is 6.00. The van der Waals surface area contributed by atoms with E-state index in [0.29, 0.717) is 0 Å². The number of hydrogen-bond donors (Lipinski definition) is 2. The number of nitrogens with one attached hydrogen (secondary N) is 1. The normalized spacial score (nSPS) is 14.4. The fourth-order valence-electron chi connectivity index (χ4n) is 2.68. The molecule has 0 unspecified atom stereocenters. The number of rotatable bonds is 2. The molecule has 0 atom stereocenters. The van der Waals surface area contributed by atoms with Crippen molar-refractivity contribution in [3.63, 3.8) is 0 Å². The average molecular weight is 454 g/mol. The second kappa shape index (κ2) is 9.84. The first-order valence-corrected chi connectivity index (χ1v) is 9.70. The van der Waals surface area contributed by atoms with Gasteiger partial charge in [-0.15, -0.1) is 0 Å². The van der Waals surface area contributed by atoms with E-state index < -0.39 is 0 Å². The minimum atomic E-state index is 0.179. The predicted molar refractivity (Wildman–Crippen MR) is 108 cm³/mol. The summed E-state index contributed by atoms with van der Waals surface area (Å²) in [6, 6.07) is 15.3. The molecule has 1 fully saturated rings. The van der Waals surface area contributed by atoms with Crippen LogP contribution in [0.4, 0.5) is 11.4 Å². The molecule has 0 aromatic heterocycles. The zero-order valence-electron chi connectivity index (χ0n) is 13.5. The summed E-state index contributed by atoms with van der Waals surface area (Å²) in [5, 5.41) is 2.98. The molecule has 2 aromatic carbocycles. The summed E-state index contributed by atoms with van der Waals surface area (Å²) in [5.41, 5.74) is 7.10. The van der Waals surface area contributed by atoms with E-state index in [2.05, 4.69) is 37.2 Å². The Kier molecular flexibility index (Phi) is 7.79. The molecule has 3 rings (SSSR count). The van der Waals surface area contributed by atoms with Crippen LogP contribution in [-0.4, -0.2) is 5.91 Å². The minimum Gasteiger partial charge on any atom is -0.399 e. The Morgan fingerprint density at radius 2 is 1.58 bits per heavy atom. The lowest BCUT2D eigenvalue weighted by atomic mass is 9.88. The third-order valence-corrected chi connectivity index (χ3v) is 4.90. The molecule has 0 heterocycles. The van der Waals surface area contributed by atoms with Crippen LogP contribution in [0.25, 0.3) is 0 Å². The van der Waals surface area contributed by atoms with E-state index in [-0.39, 0.29) is 11.8 Å². The quantitative estimate of drug-likeness (QED) is 0.547. The highest BCUT2D eigenvalue weighted by molar-refractivity contribution is 9.10. The summed E-state index contributed by atoms with van der Waals surface area (Å²) in [7, 11) is 0. The first kappa shape index (κ1) is 19.0. The molecule has 3 nitrogen and oxygen atoms in total. The Labute approximate surface area is 160 Å². The number of nitrogen functional groups attached to an aromatic ring is 1. The van der Waals surface area contributed by atoms with Gasteiger partial charge in [-0.25, -0.2) is 0 Å². The van der Waals surface area contributed by atoms with Gasteiger partial charge in [0.1, 0.15) is 0 Å². The maximum Gasteiger partial charge on any atom is 0.227 e. The van der Waals surface area contributed by atoms with Crippen molar-refractivity contribution in [2.24, 2.45) is 5.92 Å². The molecular formula is C19H22Br2N2O. The molecule has 0 aliphatic heterocycles. The average Bonchev–Trinajstić information content (AvgIpc) is 2.56. The number of nitrogens with two attached hydrogens (primary N) is 1. The molecule has 1 aliphatic rings. The first-order valence-electron chi connectivity index (χ1n) is 8.12. The molecule has 0 saturated heterocycles. The van der Waals surface area contributed by atoms with Crippen LogP contribution >= 0.6 is 31.9 Å². The number of anilines is 2. The summed E-state index contributed by atoms with van der Waals surface area (Å²) in [6.07, 6.45) is 5.74. The topological polar surface area (TPSA) is 55.1 Å². The monoisotopic (exact) mass is 452 g/mol. The molecule has 1 amide bonds. The maximum atomic E-state index is 12.0. The van der Waals surface area contributed by atoms with E-state index in [9.17, 15) is 4.79 Å². The Morgan fingerprint density at radius 1 is 0.958 bits per heavy atom. The van der Waals surface area contributed by atoms with Crippen molar-refractivity contribution in [3.8, 4) is 0 Å². The molecule has 24 heavy (non-hydrogen) atoms. The lowest BCUT2D eigenvalue weighted by molar-refractivity contribution is -0.120. The summed E-state index contributed by atoms with van der Waals surface area (Å²) >= 11 is 6.68. The molecule has 1 aliphatic carbocycles. The van der Waals surface area contributed by atoms with Crippen LogP contribution in [0.1, 0.15) is 32.1 Å². The van der Waals surface area contributed by atoms with E-state index >= 15 is 0 Å². The summed E-state index contributed by atoms with van der Waals surface area (Å²) in [6.45, 7) is 0. The van der Waals surface area contributed by atoms with Gasteiger partial charge >= 0.3 is 0 Å². The van der Waals surface area contributed by atoms with Gasteiger partial charge in [-0.3, -0.25) is 4.79 Å². The zero-order chi connectivity index (χ0) is 17.4. The molecular weight excluding hydrogens is 432 g/mol. The number of halogens is 2. The Bertz CT molecular complexity index is 653. The van der Waals surface area contributed by atoms with Crippen molar-refractivity contribution >= 4 is 49.1 Å². The minimum absolute atomic E-state index is 0.179. The van der Waals surface area contributed by atoms with Crippen LogP contribution in [-0.2, 0) is 4.79 Å². The standard InChI is InChI=1S/C13H16BrNO.C6H6BrN/c14-11-7-4-8-12(9-11)15-13(16)10-5-2-1-3-6-10;7-5-2-1-3-6(8)4-5/h4,7-10H,1-3,5-6H2,(H,15,16);1-4H,8H2. The summed E-state index contributed by atoms with van der Waals surface area (Å²) in [4.78, 5) is 12.0. The fraction of sp³-hybridized carbons (Fsp3) is 0.316. The van der Waals surface area contributed by atoms with E-state index in [1.54, 1.807) is 0 Å². The van der Waals surface area contributed by atoms with Gasteiger partial charge in [-0.2, -0.15) is 0 Å². The SMILES string of the molecule is Nc1cccc(Br)c1.O=C(Nc1cccc(Br)c1)C1CCCCC1. The van der Waals surface area contributed by atoms with Gasteiger partial charge in [-0.1, -0.05) is 63.3 Å². The first-order chi connectivity index (χ1) is 11.5. The zero-order valence-corrected chi connectivity index (χ0v) is 16.6. The molecule has 0 radical (unpaired) electrons. The number of carbonyl (C=O) groups excluding carboxylic acids is 1. The van der Waals surface area contributed by atoms with E-state index in [4.69, 9.17) is 5.73 Å². The highest BCUT2D eigenvalue weighted by atomic mass is 79.9. The summed E-state index contributed by atoms with van der Waals surface area (Å²) in [5.74, 6) is 0.394. The van der Waals surface area contributed by atoms with Crippen molar-refractivity contribution in [2.45, 2.75) is 32.1 Å². The van der Waals surface area contributed by atoms with Gasteiger partial charge in [0, 0.05) is 26.2 Å². The number of amides is 1. The van der Waals surface area contributed by atoms with E-state index in [1.165, 1.54) is 19.3 Å². The van der Waals surface area contributed by atoms with Gasteiger partial charge in [0.2, 0.25) is 5.91 Å². The van der Waals surface area contributed by atoms with Crippen molar-refractivity contribution < 1.29 is 4.79 Å². The second-order valence-corrected chi connectivity index (χ2v) is 7.72. The lowest BCUT2D eigenvalue weighted by Gasteiger charge is -2.20. The molecule has 5 heteroatoms. The van der Waals surface area contributed by atoms with Gasteiger partial charge in [0.25, 0.3) is 0 Å². The highest BCUT2D eigenvalue weighted by Gasteiger charge is 2.20. The highest BCUT2D eigenvalue weighted by Crippen LogP contribution is 2.25. The van der Waals surface area contributed by atoms with Crippen molar-refractivity contribution in [1.82, 2.24) is 0 Å². The number of benzene rings is 2. The van der Waals surface area contributed by atoms with E-state index in [1.807, 2.05) is 48.5 Å². The van der Waals surface area contributed by atoms with Gasteiger partial charge in [0.05, 0.1) is 0 Å². The van der Waals surface area contributed by atoms with Crippen LogP contribution < -0.4 is 11.1 Å². The van der Waals surface area contributed by atoms with Crippen molar-refractivity contribution in [3.05, 3.63) is 57.5 Å². The van der Waals surface area contributed by atoms with Crippen molar-refractivity contribution in [2.75, 3.05) is 11.1 Å². The van der Waals surface area contributed by atoms with Gasteiger partial charge in [0.15, 0.2) is 0 Å². The van der Waals surface area contributed by atoms with Crippen LogP contribution in [0.15, 0.2) is 57.5 Å². The third-order valence-electron chi connectivity index (χ3n) is 3.92. The molecule has 3 N–H and O–H groups in total. The van der Waals surface area contributed by atoms with Crippen molar-refractivity contribution in [1.29, 1.82) is 0 Å². The Morgan fingerprint density at radius 3 is 2.12 bits per heavy atom.